The van der Waals surface area contributed by atoms with Crippen molar-refractivity contribution in [2.24, 2.45) is 5.73 Å². The molecule has 2 fully saturated rings. The summed E-state index contributed by atoms with van der Waals surface area (Å²) in [5, 5.41) is 9.75. The Kier molecular flexibility index (Phi) is 6.47. The number of nitrogens with zero attached hydrogens (tertiary/aromatic N) is 2. The summed E-state index contributed by atoms with van der Waals surface area (Å²) < 4.78 is 0. The molecule has 2 amide bonds. The third kappa shape index (κ3) is 5.55. The molecular formula is C19H30N6O2. The minimum Gasteiger partial charge on any atom is -0.367 e. The van der Waals surface area contributed by atoms with E-state index in [4.69, 9.17) is 5.73 Å². The Morgan fingerprint density at radius 3 is 2.22 bits per heavy atom. The fourth-order valence-electron chi connectivity index (χ4n) is 4.03. The number of hydrogen-bond donors (Lipinski definition) is 4. The Labute approximate surface area is 160 Å². The van der Waals surface area contributed by atoms with Crippen LogP contribution in [-0.2, 0) is 4.79 Å². The van der Waals surface area contributed by atoms with Crippen LogP contribution in [0.25, 0.3) is 0 Å². The molecule has 8 nitrogen and oxygen atoms in total. The van der Waals surface area contributed by atoms with Crippen molar-refractivity contribution in [3.05, 3.63) is 11.8 Å². The van der Waals surface area contributed by atoms with E-state index in [1.165, 1.54) is 25.5 Å². The second-order valence-corrected chi connectivity index (χ2v) is 7.69. The van der Waals surface area contributed by atoms with Gasteiger partial charge in [-0.15, -0.1) is 0 Å². The first-order valence-corrected chi connectivity index (χ1v) is 9.98. The van der Waals surface area contributed by atoms with Crippen LogP contribution in [0.1, 0.15) is 75.1 Å². The molecule has 1 aromatic rings. The van der Waals surface area contributed by atoms with E-state index in [-0.39, 0.29) is 18.0 Å². The molecule has 0 radical (unpaired) electrons. The molecule has 0 spiro atoms. The van der Waals surface area contributed by atoms with Crippen LogP contribution in [-0.4, -0.2) is 39.9 Å². The molecule has 2 aliphatic carbocycles. The molecule has 0 aromatic carbocycles. The molecule has 148 valence electrons. The molecule has 2 saturated carbocycles. The number of anilines is 2. The largest absolute Gasteiger partial charge is 0.367 e. The second kappa shape index (κ2) is 9.01. The van der Waals surface area contributed by atoms with E-state index in [0.29, 0.717) is 23.4 Å². The molecule has 0 unspecified atom stereocenters. The zero-order valence-corrected chi connectivity index (χ0v) is 16.0. The Bertz CT molecular complexity index is 666. The van der Waals surface area contributed by atoms with Crippen molar-refractivity contribution >= 4 is 23.6 Å². The number of primary amides is 1. The number of nitrogens with two attached hydrogens (primary N) is 1. The number of rotatable bonds is 6. The molecule has 0 saturated heterocycles. The van der Waals surface area contributed by atoms with E-state index in [0.717, 1.165) is 38.5 Å². The van der Waals surface area contributed by atoms with Crippen LogP contribution >= 0.6 is 0 Å². The lowest BCUT2D eigenvalue weighted by Gasteiger charge is -2.29. The van der Waals surface area contributed by atoms with E-state index < -0.39 is 5.91 Å². The lowest BCUT2D eigenvalue weighted by Crippen LogP contribution is -2.39. The van der Waals surface area contributed by atoms with E-state index in [9.17, 15) is 9.59 Å². The van der Waals surface area contributed by atoms with E-state index in [2.05, 4.69) is 25.9 Å². The SMILES string of the molecule is CC(=O)N[C@H]1CC[C@H](Nc2ncc(C(N)=O)c(NC3CCCCC3)n2)CC1. The van der Waals surface area contributed by atoms with Gasteiger partial charge in [0.1, 0.15) is 5.82 Å². The van der Waals surface area contributed by atoms with Crippen molar-refractivity contribution in [1.29, 1.82) is 0 Å². The fourth-order valence-corrected chi connectivity index (χ4v) is 4.03. The maximum atomic E-state index is 11.7. The number of carbonyl (C=O) groups is 2. The summed E-state index contributed by atoms with van der Waals surface area (Å²) in [5.74, 6) is 0.547. The smallest absolute Gasteiger partial charge is 0.254 e. The average Bonchev–Trinajstić information content (AvgIpc) is 2.64. The standard InChI is InChI=1S/C19H30N6O2/c1-12(26)22-14-7-9-15(10-8-14)24-19-21-11-16(17(20)27)18(25-19)23-13-5-3-2-4-6-13/h11,13-15H,2-10H2,1H3,(H2,20,27)(H,22,26)(H2,21,23,24,25)/t14-,15-. The predicted octanol–water partition coefficient (Wildman–Crippen LogP) is 2.18. The van der Waals surface area contributed by atoms with Crippen molar-refractivity contribution in [3.63, 3.8) is 0 Å². The first kappa shape index (κ1) is 19.4. The van der Waals surface area contributed by atoms with Gasteiger partial charge in [0.2, 0.25) is 11.9 Å². The fraction of sp³-hybridized carbons (Fsp3) is 0.684. The van der Waals surface area contributed by atoms with Crippen LogP contribution < -0.4 is 21.7 Å². The number of hydrogen-bond acceptors (Lipinski definition) is 6. The topological polar surface area (TPSA) is 122 Å². The third-order valence-corrected chi connectivity index (χ3v) is 5.47. The summed E-state index contributed by atoms with van der Waals surface area (Å²) in [6.45, 7) is 1.55. The highest BCUT2D eigenvalue weighted by Gasteiger charge is 2.23. The Morgan fingerprint density at radius 2 is 1.59 bits per heavy atom. The van der Waals surface area contributed by atoms with Gasteiger partial charge >= 0.3 is 0 Å². The normalized spacial score (nSPS) is 23.4. The highest BCUT2D eigenvalue weighted by molar-refractivity contribution is 5.97. The highest BCUT2D eigenvalue weighted by Crippen LogP contribution is 2.25. The minimum absolute atomic E-state index is 0.0233. The van der Waals surface area contributed by atoms with Gasteiger partial charge in [0.15, 0.2) is 0 Å². The predicted molar refractivity (Wildman–Crippen MR) is 105 cm³/mol. The number of aromatic nitrogens is 2. The molecule has 0 atom stereocenters. The molecule has 27 heavy (non-hydrogen) atoms. The van der Waals surface area contributed by atoms with Crippen molar-refractivity contribution in [2.45, 2.75) is 82.8 Å². The second-order valence-electron chi connectivity index (χ2n) is 7.69. The summed E-state index contributed by atoms with van der Waals surface area (Å²) in [6, 6.07) is 0.840. The van der Waals surface area contributed by atoms with Gasteiger partial charge in [-0.3, -0.25) is 9.59 Å². The third-order valence-electron chi connectivity index (χ3n) is 5.47. The zero-order chi connectivity index (χ0) is 19.2. The van der Waals surface area contributed by atoms with Gasteiger partial charge in [0, 0.05) is 31.2 Å². The van der Waals surface area contributed by atoms with Crippen molar-refractivity contribution < 1.29 is 9.59 Å². The molecule has 2 aliphatic rings. The van der Waals surface area contributed by atoms with Crippen LogP contribution in [0.3, 0.4) is 0 Å². The molecule has 3 rings (SSSR count). The van der Waals surface area contributed by atoms with Gasteiger partial charge in [-0.25, -0.2) is 4.98 Å². The molecule has 1 heterocycles. The van der Waals surface area contributed by atoms with Crippen LogP contribution in [0.5, 0.6) is 0 Å². The minimum atomic E-state index is -0.518. The van der Waals surface area contributed by atoms with Gasteiger partial charge < -0.3 is 21.7 Å². The molecule has 8 heteroatoms. The van der Waals surface area contributed by atoms with Gasteiger partial charge in [-0.05, 0) is 38.5 Å². The molecule has 5 N–H and O–H groups in total. The van der Waals surface area contributed by atoms with Crippen LogP contribution in [0, 0.1) is 0 Å². The van der Waals surface area contributed by atoms with Gasteiger partial charge in [0.25, 0.3) is 5.91 Å². The number of carbonyl (C=O) groups excluding carboxylic acids is 2. The maximum absolute atomic E-state index is 11.7. The molecule has 1 aromatic heterocycles. The van der Waals surface area contributed by atoms with Crippen molar-refractivity contribution in [3.8, 4) is 0 Å². The van der Waals surface area contributed by atoms with Crippen molar-refractivity contribution in [1.82, 2.24) is 15.3 Å². The quantitative estimate of drug-likeness (QED) is 0.605. The van der Waals surface area contributed by atoms with E-state index in [1.807, 2.05) is 0 Å². The summed E-state index contributed by atoms with van der Waals surface area (Å²) in [5.41, 5.74) is 5.83. The number of amides is 2. The van der Waals surface area contributed by atoms with Crippen LogP contribution in [0.4, 0.5) is 11.8 Å². The van der Waals surface area contributed by atoms with Gasteiger partial charge in [-0.2, -0.15) is 4.98 Å². The lowest BCUT2D eigenvalue weighted by molar-refractivity contribution is -0.119. The summed E-state index contributed by atoms with van der Waals surface area (Å²) in [7, 11) is 0. The lowest BCUT2D eigenvalue weighted by atomic mass is 9.91. The zero-order valence-electron chi connectivity index (χ0n) is 16.0. The van der Waals surface area contributed by atoms with E-state index in [1.54, 1.807) is 6.92 Å². The van der Waals surface area contributed by atoms with Gasteiger partial charge in [0.05, 0.1) is 5.56 Å². The van der Waals surface area contributed by atoms with E-state index >= 15 is 0 Å². The van der Waals surface area contributed by atoms with Crippen molar-refractivity contribution in [2.75, 3.05) is 10.6 Å². The number of nitrogens with one attached hydrogen (secondary N) is 3. The highest BCUT2D eigenvalue weighted by atomic mass is 16.1. The first-order chi connectivity index (χ1) is 13.0. The van der Waals surface area contributed by atoms with Crippen LogP contribution in [0.15, 0.2) is 6.20 Å². The van der Waals surface area contributed by atoms with Gasteiger partial charge in [-0.1, -0.05) is 19.3 Å². The maximum Gasteiger partial charge on any atom is 0.254 e. The summed E-state index contributed by atoms with van der Waals surface area (Å²) in [4.78, 5) is 31.7. The Hall–Kier alpha value is -2.38. The summed E-state index contributed by atoms with van der Waals surface area (Å²) >= 11 is 0. The molecular weight excluding hydrogens is 344 g/mol. The van der Waals surface area contributed by atoms with Crippen LogP contribution in [0.2, 0.25) is 0 Å². The molecule has 0 bridgehead atoms. The summed E-state index contributed by atoms with van der Waals surface area (Å²) in [6.07, 6.45) is 11.1. The Morgan fingerprint density at radius 1 is 0.963 bits per heavy atom. The first-order valence-electron chi connectivity index (χ1n) is 9.98. The monoisotopic (exact) mass is 374 g/mol. The average molecular weight is 374 g/mol. The Balaban J connectivity index is 1.63. The molecule has 0 aliphatic heterocycles.